The predicted octanol–water partition coefficient (Wildman–Crippen LogP) is 2.86. The number of hydrogen-bond donors (Lipinski definition) is 1. The van der Waals surface area contributed by atoms with Gasteiger partial charge in [0.1, 0.15) is 11.4 Å². The lowest BCUT2D eigenvalue weighted by Gasteiger charge is -2.20. The Balaban J connectivity index is 2.52. The molecule has 4 nitrogen and oxygen atoms in total. The minimum atomic E-state index is -0.960. The Bertz CT molecular complexity index is 567. The molecule has 0 aliphatic carbocycles. The number of nitrogens with zero attached hydrogens (tertiary/aromatic N) is 2. The minimum absolute atomic E-state index is 0.240. The van der Waals surface area contributed by atoms with Crippen molar-refractivity contribution in [1.29, 1.82) is 0 Å². The lowest BCUT2D eigenvalue weighted by molar-refractivity contribution is 0.0696. The van der Waals surface area contributed by atoms with E-state index in [0.717, 1.165) is 5.69 Å². The Morgan fingerprint density at radius 1 is 1.22 bits per heavy atom. The van der Waals surface area contributed by atoms with Gasteiger partial charge in [-0.3, -0.25) is 0 Å². The maximum atomic E-state index is 11.3. The summed E-state index contributed by atoms with van der Waals surface area (Å²) in [7, 11) is 1.81. The second-order valence-corrected chi connectivity index (χ2v) is 4.03. The molecule has 0 saturated heterocycles. The van der Waals surface area contributed by atoms with Crippen molar-refractivity contribution >= 4 is 17.5 Å². The molecule has 0 atom stereocenters. The fourth-order valence-corrected chi connectivity index (χ4v) is 1.84. The molecule has 0 radical (unpaired) electrons. The van der Waals surface area contributed by atoms with E-state index in [1.165, 1.54) is 0 Å². The molecule has 1 heterocycles. The van der Waals surface area contributed by atoms with Gasteiger partial charge in [0.05, 0.1) is 0 Å². The fraction of sp³-hybridized carbons (Fsp3) is 0.143. The lowest BCUT2D eigenvalue weighted by atomic mass is 10.1. The van der Waals surface area contributed by atoms with Crippen LogP contribution in [-0.4, -0.2) is 23.1 Å². The van der Waals surface area contributed by atoms with E-state index in [0.29, 0.717) is 11.4 Å². The van der Waals surface area contributed by atoms with Crippen LogP contribution in [0, 0.1) is 6.92 Å². The van der Waals surface area contributed by atoms with Crippen LogP contribution in [0.2, 0.25) is 0 Å². The molecule has 0 fully saturated rings. The first-order chi connectivity index (χ1) is 8.61. The molecule has 1 aromatic heterocycles. The monoisotopic (exact) mass is 242 g/mol. The van der Waals surface area contributed by atoms with E-state index in [4.69, 9.17) is 0 Å². The molecule has 2 rings (SSSR count). The van der Waals surface area contributed by atoms with Gasteiger partial charge >= 0.3 is 5.97 Å². The number of carbonyl (C=O) groups is 1. The first-order valence-corrected chi connectivity index (χ1v) is 5.59. The number of anilines is 2. The van der Waals surface area contributed by atoms with Gasteiger partial charge in [-0.25, -0.2) is 9.78 Å². The zero-order valence-corrected chi connectivity index (χ0v) is 10.3. The number of carboxylic acid groups (broad SMARTS) is 1. The summed E-state index contributed by atoms with van der Waals surface area (Å²) in [5, 5.41) is 9.28. The summed E-state index contributed by atoms with van der Waals surface area (Å²) in [6.45, 7) is 1.77. The molecule has 0 amide bonds. The Labute approximate surface area is 106 Å². The lowest BCUT2D eigenvalue weighted by Crippen LogP contribution is -2.16. The number of pyridine rings is 1. The van der Waals surface area contributed by atoms with E-state index in [-0.39, 0.29) is 5.56 Å². The molecule has 4 heteroatoms. The summed E-state index contributed by atoms with van der Waals surface area (Å²) >= 11 is 0. The van der Waals surface area contributed by atoms with Gasteiger partial charge in [-0.05, 0) is 30.7 Å². The summed E-state index contributed by atoms with van der Waals surface area (Å²) in [5.41, 5.74) is 1.84. The van der Waals surface area contributed by atoms with Crippen LogP contribution >= 0.6 is 0 Å². The van der Waals surface area contributed by atoms with Crippen LogP contribution in [0.15, 0.2) is 42.6 Å². The molecule has 0 saturated carbocycles. The van der Waals surface area contributed by atoms with Crippen molar-refractivity contribution in [3.63, 3.8) is 0 Å². The highest BCUT2D eigenvalue weighted by Crippen LogP contribution is 2.26. The molecule has 1 N–H and O–H groups in total. The van der Waals surface area contributed by atoms with Gasteiger partial charge in [-0.2, -0.15) is 0 Å². The molecule has 0 unspecified atom stereocenters. The third-order valence-electron chi connectivity index (χ3n) is 2.81. The van der Waals surface area contributed by atoms with Crippen LogP contribution < -0.4 is 4.90 Å². The Hall–Kier alpha value is -2.36. The van der Waals surface area contributed by atoms with Gasteiger partial charge in [0.15, 0.2) is 0 Å². The van der Waals surface area contributed by atoms with Crippen LogP contribution in [0.3, 0.4) is 0 Å². The van der Waals surface area contributed by atoms with E-state index in [2.05, 4.69) is 4.98 Å². The van der Waals surface area contributed by atoms with E-state index in [1.807, 2.05) is 37.4 Å². The molecular formula is C14H14N2O2. The van der Waals surface area contributed by atoms with E-state index in [9.17, 15) is 9.90 Å². The summed E-state index contributed by atoms with van der Waals surface area (Å²) < 4.78 is 0. The maximum absolute atomic E-state index is 11.3. The third-order valence-corrected chi connectivity index (χ3v) is 2.81. The van der Waals surface area contributed by atoms with Crippen LogP contribution in [0.1, 0.15) is 15.9 Å². The van der Waals surface area contributed by atoms with Crippen molar-refractivity contribution in [2.75, 3.05) is 11.9 Å². The largest absolute Gasteiger partial charge is 0.478 e. The van der Waals surface area contributed by atoms with Crippen molar-refractivity contribution in [3.05, 3.63) is 53.7 Å². The zero-order chi connectivity index (χ0) is 13.1. The summed E-state index contributed by atoms with van der Waals surface area (Å²) in [5.74, 6) is -0.507. The smallest absolute Gasteiger partial charge is 0.339 e. The highest BCUT2D eigenvalue weighted by Gasteiger charge is 2.18. The molecule has 92 valence electrons. The first kappa shape index (κ1) is 12.1. The number of aromatic carboxylic acids is 1. The molecular weight excluding hydrogens is 228 g/mol. The van der Waals surface area contributed by atoms with Crippen LogP contribution in [0.5, 0.6) is 0 Å². The number of hydrogen-bond acceptors (Lipinski definition) is 3. The van der Waals surface area contributed by atoms with Gasteiger partial charge in [0, 0.05) is 18.9 Å². The fourth-order valence-electron chi connectivity index (χ4n) is 1.84. The van der Waals surface area contributed by atoms with E-state index < -0.39 is 5.97 Å². The summed E-state index contributed by atoms with van der Waals surface area (Å²) in [6.07, 6.45) is 1.62. The number of aryl methyl sites for hydroxylation is 1. The Kier molecular flexibility index (Phi) is 3.28. The third kappa shape index (κ3) is 2.18. The standard InChI is InChI=1S/C14H14N2O2/c1-10-8-9-15-13(12(10)14(17)18)16(2)11-6-4-3-5-7-11/h3-9H,1-2H3,(H,17,18). The molecule has 18 heavy (non-hydrogen) atoms. The minimum Gasteiger partial charge on any atom is -0.478 e. The number of rotatable bonds is 3. The van der Waals surface area contributed by atoms with Crippen molar-refractivity contribution in [1.82, 2.24) is 4.98 Å². The van der Waals surface area contributed by atoms with Gasteiger partial charge in [-0.1, -0.05) is 18.2 Å². The van der Waals surface area contributed by atoms with Crippen LogP contribution in [0.4, 0.5) is 11.5 Å². The second-order valence-electron chi connectivity index (χ2n) is 4.03. The first-order valence-electron chi connectivity index (χ1n) is 5.59. The quantitative estimate of drug-likeness (QED) is 0.899. The normalized spacial score (nSPS) is 10.1. The molecule has 2 aromatic rings. The van der Waals surface area contributed by atoms with E-state index >= 15 is 0 Å². The molecule has 0 aliphatic rings. The molecule has 1 aromatic carbocycles. The topological polar surface area (TPSA) is 53.4 Å². The van der Waals surface area contributed by atoms with Gasteiger partial charge < -0.3 is 10.0 Å². The predicted molar refractivity (Wildman–Crippen MR) is 70.4 cm³/mol. The number of benzene rings is 1. The average molecular weight is 242 g/mol. The molecule has 0 bridgehead atoms. The Morgan fingerprint density at radius 3 is 2.50 bits per heavy atom. The SMILES string of the molecule is Cc1ccnc(N(C)c2ccccc2)c1C(=O)O. The molecule has 0 aliphatic heterocycles. The average Bonchev–Trinajstić information content (AvgIpc) is 2.38. The van der Waals surface area contributed by atoms with E-state index in [1.54, 1.807) is 24.1 Å². The van der Waals surface area contributed by atoms with Crippen LogP contribution in [-0.2, 0) is 0 Å². The highest BCUT2D eigenvalue weighted by atomic mass is 16.4. The zero-order valence-electron chi connectivity index (χ0n) is 10.3. The van der Waals surface area contributed by atoms with Crippen LogP contribution in [0.25, 0.3) is 0 Å². The summed E-state index contributed by atoms with van der Waals surface area (Å²) in [4.78, 5) is 17.3. The van der Waals surface area contributed by atoms with Gasteiger partial charge in [-0.15, -0.1) is 0 Å². The van der Waals surface area contributed by atoms with Gasteiger partial charge in [0.25, 0.3) is 0 Å². The Morgan fingerprint density at radius 2 is 1.89 bits per heavy atom. The highest BCUT2D eigenvalue weighted by molar-refractivity contribution is 5.95. The second kappa shape index (κ2) is 4.87. The summed E-state index contributed by atoms with van der Waals surface area (Å²) in [6, 6.07) is 11.3. The number of carboxylic acids is 1. The number of para-hydroxylation sites is 1. The number of aromatic nitrogens is 1. The molecule has 0 spiro atoms. The van der Waals surface area contributed by atoms with Crippen molar-refractivity contribution in [2.45, 2.75) is 6.92 Å². The van der Waals surface area contributed by atoms with Crippen molar-refractivity contribution in [2.24, 2.45) is 0 Å². The van der Waals surface area contributed by atoms with Crippen molar-refractivity contribution in [3.8, 4) is 0 Å². The van der Waals surface area contributed by atoms with Crippen molar-refractivity contribution < 1.29 is 9.90 Å². The maximum Gasteiger partial charge on any atom is 0.339 e. The van der Waals surface area contributed by atoms with Gasteiger partial charge in [0.2, 0.25) is 0 Å².